The summed E-state index contributed by atoms with van der Waals surface area (Å²) in [4.78, 5) is 9.19. The highest BCUT2D eigenvalue weighted by Crippen LogP contribution is 2.14. The van der Waals surface area contributed by atoms with E-state index in [9.17, 15) is 0 Å². The van der Waals surface area contributed by atoms with E-state index in [4.69, 9.17) is 9.47 Å². The molecule has 1 aliphatic rings. The first-order chi connectivity index (χ1) is 13.0. The van der Waals surface area contributed by atoms with Gasteiger partial charge in [0.1, 0.15) is 5.75 Å². The molecule has 1 N–H and O–H groups in total. The Labute approximate surface area is 187 Å². The van der Waals surface area contributed by atoms with Crippen LogP contribution in [0.1, 0.15) is 25.8 Å². The van der Waals surface area contributed by atoms with Crippen LogP contribution in [-0.4, -0.2) is 75.9 Å². The van der Waals surface area contributed by atoms with Crippen molar-refractivity contribution in [3.05, 3.63) is 29.8 Å². The van der Waals surface area contributed by atoms with Gasteiger partial charge in [0.2, 0.25) is 0 Å². The van der Waals surface area contributed by atoms with Gasteiger partial charge in [0.05, 0.1) is 20.3 Å². The monoisotopic (exact) mass is 504 g/mol. The summed E-state index contributed by atoms with van der Waals surface area (Å²) in [6, 6.07) is 8.68. The maximum atomic E-state index is 5.52. The maximum absolute atomic E-state index is 5.52. The molecule has 0 aromatic heterocycles. The van der Waals surface area contributed by atoms with Crippen LogP contribution in [0.25, 0.3) is 0 Å². The first kappa shape index (κ1) is 25.0. The number of guanidine groups is 1. The van der Waals surface area contributed by atoms with E-state index in [0.717, 1.165) is 51.1 Å². The molecule has 6 nitrogen and oxygen atoms in total. The highest BCUT2D eigenvalue weighted by molar-refractivity contribution is 14.0. The molecule has 1 atom stereocenters. The molecule has 0 saturated carbocycles. The molecule has 1 aromatic carbocycles. The molecule has 0 spiro atoms. The van der Waals surface area contributed by atoms with Crippen molar-refractivity contribution in [2.24, 2.45) is 10.9 Å². The fourth-order valence-corrected chi connectivity index (χ4v) is 3.52. The second-order valence-corrected chi connectivity index (χ2v) is 7.56. The van der Waals surface area contributed by atoms with Crippen LogP contribution in [0.15, 0.2) is 29.3 Å². The van der Waals surface area contributed by atoms with Gasteiger partial charge < -0.3 is 19.7 Å². The predicted molar refractivity (Wildman–Crippen MR) is 127 cm³/mol. The van der Waals surface area contributed by atoms with E-state index in [1.807, 2.05) is 19.2 Å². The van der Waals surface area contributed by atoms with Crippen LogP contribution in [-0.2, 0) is 11.3 Å². The molecule has 1 aromatic rings. The van der Waals surface area contributed by atoms with Gasteiger partial charge in [-0.1, -0.05) is 26.0 Å². The summed E-state index contributed by atoms with van der Waals surface area (Å²) in [6.07, 6.45) is 1.17. The van der Waals surface area contributed by atoms with Crippen molar-refractivity contribution in [1.29, 1.82) is 0 Å². The summed E-state index contributed by atoms with van der Waals surface area (Å²) in [5.74, 6) is 2.47. The summed E-state index contributed by atoms with van der Waals surface area (Å²) in [5.41, 5.74) is 1.23. The van der Waals surface area contributed by atoms with E-state index in [-0.39, 0.29) is 24.0 Å². The molecule has 160 valence electrons. The maximum Gasteiger partial charge on any atom is 0.193 e. The zero-order valence-electron chi connectivity index (χ0n) is 18.0. The van der Waals surface area contributed by atoms with Crippen LogP contribution < -0.4 is 10.1 Å². The first-order valence-corrected chi connectivity index (χ1v) is 9.90. The summed E-state index contributed by atoms with van der Waals surface area (Å²) >= 11 is 0. The van der Waals surface area contributed by atoms with Crippen molar-refractivity contribution in [3.63, 3.8) is 0 Å². The second-order valence-electron chi connectivity index (χ2n) is 7.56. The third kappa shape index (κ3) is 8.13. The zero-order valence-corrected chi connectivity index (χ0v) is 20.3. The molecule has 0 aliphatic carbocycles. The molecule has 2 rings (SSSR count). The number of nitrogens with one attached hydrogen (secondary N) is 1. The van der Waals surface area contributed by atoms with Gasteiger partial charge >= 0.3 is 0 Å². The predicted octanol–water partition coefficient (Wildman–Crippen LogP) is 3.07. The molecular formula is C21H37IN4O2. The number of nitrogens with zero attached hydrogens (tertiary/aromatic N) is 3. The Kier molecular flexibility index (Phi) is 11.8. The molecule has 1 aliphatic heterocycles. The number of rotatable bonds is 8. The topological polar surface area (TPSA) is 49.3 Å². The first-order valence-electron chi connectivity index (χ1n) is 9.90. The average molecular weight is 504 g/mol. The summed E-state index contributed by atoms with van der Waals surface area (Å²) in [7, 11) is 5.61. The number of hydrogen-bond donors (Lipinski definition) is 1. The van der Waals surface area contributed by atoms with Gasteiger partial charge in [-0.05, 0) is 30.0 Å². The molecule has 0 radical (unpaired) electrons. The summed E-state index contributed by atoms with van der Waals surface area (Å²) in [6.45, 7) is 9.98. The Hall–Kier alpha value is -1.06. The standard InChI is InChI=1S/C21H36N4O2.HI/c1-17(2)14-19(25-10-12-27-13-11-25)15-23-21(22-3)24(4)16-18-6-8-20(26-5)9-7-18;/h6-9,17,19H,10-16H2,1-5H3,(H,22,23);1H. The minimum Gasteiger partial charge on any atom is -0.497 e. The molecule has 1 unspecified atom stereocenters. The lowest BCUT2D eigenvalue weighted by Gasteiger charge is -2.36. The molecular weight excluding hydrogens is 467 g/mol. The number of hydrogen-bond acceptors (Lipinski definition) is 4. The lowest BCUT2D eigenvalue weighted by atomic mass is 10.0. The van der Waals surface area contributed by atoms with Crippen LogP contribution in [0.3, 0.4) is 0 Å². The van der Waals surface area contributed by atoms with Crippen molar-refractivity contribution in [3.8, 4) is 5.75 Å². The SMILES string of the molecule is CN=C(NCC(CC(C)C)N1CCOCC1)N(C)Cc1ccc(OC)cc1.I. The largest absolute Gasteiger partial charge is 0.497 e. The van der Waals surface area contributed by atoms with Crippen molar-refractivity contribution >= 4 is 29.9 Å². The van der Waals surface area contributed by atoms with Gasteiger partial charge in [0.25, 0.3) is 0 Å². The Morgan fingerprint density at radius 1 is 1.25 bits per heavy atom. The van der Waals surface area contributed by atoms with Gasteiger partial charge in [-0.25, -0.2) is 0 Å². The van der Waals surface area contributed by atoms with Gasteiger partial charge in [-0.2, -0.15) is 0 Å². The summed E-state index contributed by atoms with van der Waals surface area (Å²) < 4.78 is 10.8. The van der Waals surface area contributed by atoms with Gasteiger partial charge in [0, 0.05) is 46.3 Å². The van der Waals surface area contributed by atoms with Crippen molar-refractivity contribution in [2.75, 3.05) is 54.1 Å². The molecule has 1 saturated heterocycles. The molecule has 28 heavy (non-hydrogen) atoms. The number of ether oxygens (including phenoxy) is 2. The van der Waals surface area contributed by atoms with Gasteiger partial charge in [-0.3, -0.25) is 9.89 Å². The Morgan fingerprint density at radius 2 is 1.89 bits per heavy atom. The van der Waals surface area contributed by atoms with Crippen molar-refractivity contribution in [2.45, 2.75) is 32.9 Å². The number of halogens is 1. The minimum atomic E-state index is 0. The normalized spacial score (nSPS) is 16.4. The highest BCUT2D eigenvalue weighted by atomic mass is 127. The molecule has 0 amide bonds. The number of aliphatic imine (C=N–C) groups is 1. The lowest BCUT2D eigenvalue weighted by molar-refractivity contribution is 0.0131. The van der Waals surface area contributed by atoms with E-state index in [1.165, 1.54) is 12.0 Å². The van der Waals surface area contributed by atoms with Crippen LogP contribution in [0, 0.1) is 5.92 Å². The molecule has 1 heterocycles. The third-order valence-electron chi connectivity index (χ3n) is 4.95. The average Bonchev–Trinajstić information content (AvgIpc) is 2.68. The van der Waals surface area contributed by atoms with Gasteiger partial charge in [-0.15, -0.1) is 24.0 Å². The lowest BCUT2D eigenvalue weighted by Crippen LogP contribution is -2.51. The van der Waals surface area contributed by atoms with Crippen LogP contribution in [0.5, 0.6) is 5.75 Å². The Bertz CT molecular complexity index is 574. The smallest absolute Gasteiger partial charge is 0.193 e. The number of benzene rings is 1. The quantitative estimate of drug-likeness (QED) is 0.335. The summed E-state index contributed by atoms with van der Waals surface area (Å²) in [5, 5.41) is 3.58. The Balaban J connectivity index is 0.00000392. The Morgan fingerprint density at radius 3 is 2.43 bits per heavy atom. The van der Waals surface area contributed by atoms with E-state index in [0.29, 0.717) is 12.0 Å². The van der Waals surface area contributed by atoms with Crippen LogP contribution in [0.2, 0.25) is 0 Å². The highest BCUT2D eigenvalue weighted by Gasteiger charge is 2.22. The van der Waals surface area contributed by atoms with Crippen LogP contribution in [0.4, 0.5) is 0 Å². The molecule has 1 fully saturated rings. The minimum absolute atomic E-state index is 0. The van der Waals surface area contributed by atoms with Crippen molar-refractivity contribution < 1.29 is 9.47 Å². The zero-order chi connectivity index (χ0) is 19.6. The van der Waals surface area contributed by atoms with E-state index < -0.39 is 0 Å². The van der Waals surface area contributed by atoms with Gasteiger partial charge in [0.15, 0.2) is 5.96 Å². The van der Waals surface area contributed by atoms with E-state index in [1.54, 1.807) is 7.11 Å². The van der Waals surface area contributed by atoms with E-state index in [2.05, 4.69) is 53.1 Å². The fourth-order valence-electron chi connectivity index (χ4n) is 3.52. The van der Waals surface area contributed by atoms with E-state index >= 15 is 0 Å². The number of morpholine rings is 1. The fraction of sp³-hybridized carbons (Fsp3) is 0.667. The van der Waals surface area contributed by atoms with Crippen molar-refractivity contribution in [1.82, 2.24) is 15.1 Å². The third-order valence-corrected chi connectivity index (χ3v) is 4.95. The number of methoxy groups -OCH3 is 1. The van der Waals surface area contributed by atoms with Crippen LogP contribution >= 0.6 is 24.0 Å². The molecule has 0 bridgehead atoms. The second kappa shape index (κ2) is 13.2. The molecule has 7 heteroatoms.